The first-order valence-corrected chi connectivity index (χ1v) is 9.87. The number of hydrogen-bond donors (Lipinski definition) is 6. The average molecular weight is 485 g/mol. The van der Waals surface area contributed by atoms with E-state index in [9.17, 15) is 40.4 Å². The molecular weight excluding hydrogens is 463 g/mol. The number of rotatable bonds is 9. The Morgan fingerprint density at radius 3 is 2.32 bits per heavy atom. The number of carbonyl (C=O) groups excluding carboxylic acids is 1. The summed E-state index contributed by atoms with van der Waals surface area (Å²) in [5.74, 6) is -0.869. The van der Waals surface area contributed by atoms with Crippen molar-refractivity contribution in [3.63, 3.8) is 0 Å². The van der Waals surface area contributed by atoms with Crippen LogP contribution in [0.4, 0.5) is 5.69 Å². The SMILES string of the molecule is O=C(N[C@H](CO[C@@H]1OC(CO)[C@H](O)[C@@H](O)[C@H]1O)[C@H](O)c1ccc([N+](=O)[O-])cc1)C(Cl)Cl. The van der Waals surface area contributed by atoms with Crippen LogP contribution in [0.2, 0.25) is 0 Å². The summed E-state index contributed by atoms with van der Waals surface area (Å²) in [5, 5.41) is 62.7. The van der Waals surface area contributed by atoms with Gasteiger partial charge in [0, 0.05) is 12.1 Å². The minimum Gasteiger partial charge on any atom is -0.394 e. The highest BCUT2D eigenvalue weighted by Gasteiger charge is 2.44. The Labute approximate surface area is 186 Å². The van der Waals surface area contributed by atoms with Gasteiger partial charge in [-0.05, 0) is 17.7 Å². The zero-order valence-electron chi connectivity index (χ0n) is 15.8. The van der Waals surface area contributed by atoms with Gasteiger partial charge in [-0.25, -0.2) is 0 Å². The number of non-ortho nitro benzene ring substituents is 1. The maximum atomic E-state index is 11.9. The molecule has 1 unspecified atom stereocenters. The second-order valence-electron chi connectivity index (χ2n) is 6.74. The minimum atomic E-state index is -1.69. The summed E-state index contributed by atoms with van der Waals surface area (Å²) < 4.78 is 10.6. The largest absolute Gasteiger partial charge is 0.394 e. The van der Waals surface area contributed by atoms with Crippen molar-refractivity contribution in [1.82, 2.24) is 5.32 Å². The van der Waals surface area contributed by atoms with Crippen molar-refractivity contribution in [1.29, 1.82) is 0 Å². The summed E-state index contributed by atoms with van der Waals surface area (Å²) in [6, 6.07) is 3.65. The lowest BCUT2D eigenvalue weighted by Crippen LogP contribution is -2.59. The fraction of sp³-hybridized carbons (Fsp3) is 0.588. The van der Waals surface area contributed by atoms with Crippen LogP contribution in [0.1, 0.15) is 11.7 Å². The van der Waals surface area contributed by atoms with E-state index >= 15 is 0 Å². The molecule has 1 fully saturated rings. The number of aliphatic hydroxyl groups excluding tert-OH is 5. The maximum absolute atomic E-state index is 11.9. The first kappa shape index (κ1) is 25.6. The highest BCUT2D eigenvalue weighted by atomic mass is 35.5. The summed E-state index contributed by atoms with van der Waals surface area (Å²) in [6.07, 6.45) is -9.14. The van der Waals surface area contributed by atoms with Gasteiger partial charge in [-0.3, -0.25) is 14.9 Å². The highest BCUT2D eigenvalue weighted by Crippen LogP contribution is 2.25. The third-order valence-electron chi connectivity index (χ3n) is 4.64. The lowest BCUT2D eigenvalue weighted by atomic mass is 9.99. The Morgan fingerprint density at radius 2 is 1.81 bits per heavy atom. The zero-order chi connectivity index (χ0) is 23.3. The Kier molecular flexibility index (Phi) is 9.36. The number of amides is 1. The first-order valence-electron chi connectivity index (χ1n) is 8.99. The van der Waals surface area contributed by atoms with Gasteiger partial charge in [0.25, 0.3) is 11.6 Å². The number of hydrogen-bond acceptors (Lipinski definition) is 10. The molecule has 31 heavy (non-hydrogen) atoms. The smallest absolute Gasteiger partial charge is 0.269 e. The van der Waals surface area contributed by atoms with Gasteiger partial charge >= 0.3 is 0 Å². The summed E-state index contributed by atoms with van der Waals surface area (Å²) in [4.78, 5) is 20.6. The molecule has 1 aliphatic rings. The third-order valence-corrected chi connectivity index (χ3v) is 5.04. The molecule has 1 amide bonds. The fourth-order valence-corrected chi connectivity index (χ4v) is 3.01. The Balaban J connectivity index is 2.15. The topological polar surface area (TPSA) is 192 Å². The predicted molar refractivity (Wildman–Crippen MR) is 105 cm³/mol. The minimum absolute atomic E-state index is 0.189. The standard InChI is InChI=1S/C17H22Cl2N2O10/c18-15(19)16(27)20-9(11(23)7-1-3-8(4-2-7)21(28)29)6-30-17-14(26)13(25)12(24)10(5-22)31-17/h1-4,9-15,17,22-26H,5-6H2,(H,20,27)/t9-,10?,11-,12+,13-,14-,17-/m1/s1. The molecular formula is C17H22Cl2N2O10. The molecule has 1 aliphatic heterocycles. The van der Waals surface area contributed by atoms with Gasteiger partial charge < -0.3 is 40.3 Å². The molecule has 0 aliphatic carbocycles. The molecule has 1 saturated heterocycles. The van der Waals surface area contributed by atoms with Gasteiger partial charge in [-0.1, -0.05) is 23.2 Å². The van der Waals surface area contributed by atoms with Crippen molar-refractivity contribution in [2.75, 3.05) is 13.2 Å². The number of nitrogens with one attached hydrogen (secondary N) is 1. The highest BCUT2D eigenvalue weighted by molar-refractivity contribution is 6.53. The predicted octanol–water partition coefficient (Wildman–Crippen LogP) is -1.27. The van der Waals surface area contributed by atoms with Crippen LogP contribution < -0.4 is 5.32 Å². The number of benzene rings is 1. The van der Waals surface area contributed by atoms with E-state index in [0.717, 1.165) is 12.1 Å². The van der Waals surface area contributed by atoms with Gasteiger partial charge in [-0.15, -0.1) is 0 Å². The molecule has 0 spiro atoms. The van der Waals surface area contributed by atoms with Crippen molar-refractivity contribution < 1.29 is 44.7 Å². The van der Waals surface area contributed by atoms with Crippen molar-refractivity contribution in [2.45, 2.75) is 47.7 Å². The molecule has 7 atom stereocenters. The first-order chi connectivity index (χ1) is 14.6. The van der Waals surface area contributed by atoms with Crippen LogP contribution in [0.15, 0.2) is 24.3 Å². The molecule has 2 rings (SSSR count). The van der Waals surface area contributed by atoms with Crippen LogP contribution in [0.25, 0.3) is 0 Å². The summed E-state index contributed by atoms with van der Waals surface area (Å²) in [6.45, 7) is -1.16. The molecule has 0 bridgehead atoms. The molecule has 1 aromatic rings. The quantitative estimate of drug-likeness (QED) is 0.140. The number of nitro groups is 1. The summed E-state index contributed by atoms with van der Waals surface area (Å²) >= 11 is 11.1. The van der Waals surface area contributed by atoms with Gasteiger partial charge in [0.05, 0.1) is 24.2 Å². The van der Waals surface area contributed by atoms with Crippen LogP contribution in [0, 0.1) is 10.1 Å². The van der Waals surface area contributed by atoms with Gasteiger partial charge in [0.15, 0.2) is 11.1 Å². The normalized spacial score (nSPS) is 28.2. The second kappa shape index (κ2) is 11.3. The van der Waals surface area contributed by atoms with E-state index < -0.39 is 71.7 Å². The third kappa shape index (κ3) is 6.44. The number of nitro benzene ring substituents is 1. The van der Waals surface area contributed by atoms with Crippen molar-refractivity contribution in [3.8, 4) is 0 Å². The Bertz CT molecular complexity index is 751. The van der Waals surface area contributed by atoms with E-state index in [-0.39, 0.29) is 11.3 Å². The van der Waals surface area contributed by atoms with Gasteiger partial charge in [-0.2, -0.15) is 0 Å². The molecule has 0 saturated carbocycles. The number of ether oxygens (including phenoxy) is 2. The van der Waals surface area contributed by atoms with E-state index in [1.54, 1.807) is 0 Å². The van der Waals surface area contributed by atoms with Crippen molar-refractivity contribution >= 4 is 34.8 Å². The molecule has 0 aromatic heterocycles. The number of alkyl halides is 2. The second-order valence-corrected chi connectivity index (χ2v) is 7.84. The maximum Gasteiger partial charge on any atom is 0.269 e. The van der Waals surface area contributed by atoms with Crippen LogP contribution >= 0.6 is 23.2 Å². The van der Waals surface area contributed by atoms with E-state index in [4.69, 9.17) is 32.7 Å². The van der Waals surface area contributed by atoms with Crippen molar-refractivity contribution in [2.24, 2.45) is 0 Å². The van der Waals surface area contributed by atoms with Crippen LogP contribution in [0.5, 0.6) is 0 Å². The summed E-state index contributed by atoms with van der Waals surface area (Å²) in [7, 11) is 0. The number of carbonyl (C=O) groups is 1. The average Bonchev–Trinajstić information content (AvgIpc) is 2.75. The number of aliphatic hydroxyl groups is 5. The molecule has 14 heteroatoms. The van der Waals surface area contributed by atoms with Gasteiger partial charge in [0.1, 0.15) is 30.5 Å². The van der Waals surface area contributed by atoms with E-state index in [2.05, 4.69) is 5.32 Å². The Morgan fingerprint density at radius 1 is 1.19 bits per heavy atom. The van der Waals surface area contributed by atoms with Gasteiger partial charge in [0.2, 0.25) is 0 Å². The molecule has 12 nitrogen and oxygen atoms in total. The fourth-order valence-electron chi connectivity index (χ4n) is 2.89. The van der Waals surface area contributed by atoms with Crippen LogP contribution in [-0.4, -0.2) is 91.2 Å². The molecule has 6 N–H and O–H groups in total. The van der Waals surface area contributed by atoms with E-state index in [0.29, 0.717) is 0 Å². The van der Waals surface area contributed by atoms with Crippen LogP contribution in [-0.2, 0) is 14.3 Å². The molecule has 1 aromatic carbocycles. The lowest BCUT2D eigenvalue weighted by Gasteiger charge is -2.40. The van der Waals surface area contributed by atoms with Crippen LogP contribution in [0.3, 0.4) is 0 Å². The van der Waals surface area contributed by atoms with Crippen molar-refractivity contribution in [3.05, 3.63) is 39.9 Å². The number of halogens is 2. The molecule has 1 heterocycles. The number of nitrogens with zero attached hydrogens (tertiary/aromatic N) is 1. The zero-order valence-corrected chi connectivity index (χ0v) is 17.3. The summed E-state index contributed by atoms with van der Waals surface area (Å²) in [5.41, 5.74) is -0.0234. The van der Waals surface area contributed by atoms with E-state index in [1.165, 1.54) is 12.1 Å². The molecule has 0 radical (unpaired) electrons. The molecule has 174 valence electrons. The lowest BCUT2D eigenvalue weighted by molar-refractivity contribution is -0.384. The monoisotopic (exact) mass is 484 g/mol. The van der Waals surface area contributed by atoms with E-state index in [1.807, 2.05) is 0 Å². The Hall–Kier alpha value is -1.61.